The molecule has 1 rings (SSSR count). The van der Waals surface area contributed by atoms with E-state index in [0.29, 0.717) is 5.69 Å². The van der Waals surface area contributed by atoms with Gasteiger partial charge in [-0.3, -0.25) is 4.79 Å². The Morgan fingerprint density at radius 1 is 1.60 bits per heavy atom. The summed E-state index contributed by atoms with van der Waals surface area (Å²) in [6.07, 6.45) is -0.548. The van der Waals surface area contributed by atoms with Crippen molar-refractivity contribution in [2.45, 2.75) is 20.0 Å². The molecule has 0 fully saturated rings. The Hall–Kier alpha value is -1.42. The standard InChI is InChI=1S/C11H14FNO2/c1-7(14)6-13-10-5-3-4-9(12)11(10)8(2)15/h3-5,7,13-14H,6H2,1-2H3/t7-/m0/s1. The molecular formula is C11H14FNO2. The second kappa shape index (κ2) is 4.89. The molecule has 0 aliphatic carbocycles. The Balaban J connectivity index is 2.96. The van der Waals surface area contributed by atoms with Gasteiger partial charge in [0.05, 0.1) is 11.7 Å². The van der Waals surface area contributed by atoms with E-state index in [2.05, 4.69) is 5.32 Å². The molecule has 1 aromatic rings. The van der Waals surface area contributed by atoms with Crippen LogP contribution in [0.3, 0.4) is 0 Å². The third-order valence-electron chi connectivity index (χ3n) is 1.95. The molecule has 3 nitrogen and oxygen atoms in total. The van der Waals surface area contributed by atoms with Gasteiger partial charge in [-0.1, -0.05) is 6.07 Å². The van der Waals surface area contributed by atoms with E-state index in [1.54, 1.807) is 13.0 Å². The van der Waals surface area contributed by atoms with Gasteiger partial charge < -0.3 is 10.4 Å². The first-order valence-electron chi connectivity index (χ1n) is 4.73. The molecule has 0 heterocycles. The van der Waals surface area contributed by atoms with Gasteiger partial charge in [-0.25, -0.2) is 4.39 Å². The molecule has 0 aromatic heterocycles. The molecule has 0 saturated heterocycles. The van der Waals surface area contributed by atoms with Gasteiger partial charge in [0, 0.05) is 12.2 Å². The monoisotopic (exact) mass is 211 g/mol. The number of nitrogens with one attached hydrogen (secondary N) is 1. The first-order chi connectivity index (χ1) is 7.02. The zero-order valence-corrected chi connectivity index (χ0v) is 8.75. The number of hydrogen-bond donors (Lipinski definition) is 2. The largest absolute Gasteiger partial charge is 0.392 e. The fraction of sp³-hybridized carbons (Fsp3) is 0.364. The van der Waals surface area contributed by atoms with Crippen LogP contribution in [0.25, 0.3) is 0 Å². The lowest BCUT2D eigenvalue weighted by Crippen LogP contribution is -2.17. The average Bonchev–Trinajstić information content (AvgIpc) is 2.13. The highest BCUT2D eigenvalue weighted by Crippen LogP contribution is 2.19. The van der Waals surface area contributed by atoms with Gasteiger partial charge in [0.25, 0.3) is 0 Å². The molecule has 0 unspecified atom stereocenters. The Bertz CT molecular complexity index is 364. The second-order valence-electron chi connectivity index (χ2n) is 3.45. The molecule has 0 saturated carbocycles. The van der Waals surface area contributed by atoms with Gasteiger partial charge in [-0.05, 0) is 26.0 Å². The maximum atomic E-state index is 13.3. The zero-order chi connectivity index (χ0) is 11.4. The number of anilines is 1. The number of hydrogen-bond acceptors (Lipinski definition) is 3. The predicted octanol–water partition coefficient (Wildman–Crippen LogP) is 1.82. The minimum absolute atomic E-state index is 0.0400. The summed E-state index contributed by atoms with van der Waals surface area (Å²) in [5.41, 5.74) is 0.460. The van der Waals surface area contributed by atoms with Gasteiger partial charge in [0.1, 0.15) is 5.82 Å². The molecule has 82 valence electrons. The van der Waals surface area contributed by atoms with E-state index in [4.69, 9.17) is 5.11 Å². The van der Waals surface area contributed by atoms with Crippen LogP contribution < -0.4 is 5.32 Å². The Morgan fingerprint density at radius 2 is 2.27 bits per heavy atom. The summed E-state index contributed by atoms with van der Waals surface area (Å²) >= 11 is 0. The van der Waals surface area contributed by atoms with E-state index < -0.39 is 11.9 Å². The Kier molecular flexibility index (Phi) is 3.80. The van der Waals surface area contributed by atoms with Crippen LogP contribution >= 0.6 is 0 Å². The molecule has 1 atom stereocenters. The number of benzene rings is 1. The van der Waals surface area contributed by atoms with Crippen LogP contribution in [-0.2, 0) is 0 Å². The van der Waals surface area contributed by atoms with Crippen molar-refractivity contribution in [3.8, 4) is 0 Å². The molecule has 2 N–H and O–H groups in total. The topological polar surface area (TPSA) is 49.3 Å². The van der Waals surface area contributed by atoms with Crippen molar-refractivity contribution in [3.63, 3.8) is 0 Å². The summed E-state index contributed by atoms with van der Waals surface area (Å²) in [5, 5.41) is 11.9. The summed E-state index contributed by atoms with van der Waals surface area (Å²) < 4.78 is 13.3. The first kappa shape index (κ1) is 11.7. The lowest BCUT2D eigenvalue weighted by atomic mass is 10.1. The molecule has 1 aromatic carbocycles. The van der Waals surface area contributed by atoms with E-state index in [9.17, 15) is 9.18 Å². The number of carbonyl (C=O) groups is 1. The highest BCUT2D eigenvalue weighted by Gasteiger charge is 2.12. The van der Waals surface area contributed by atoms with Crippen molar-refractivity contribution in [1.29, 1.82) is 0 Å². The third kappa shape index (κ3) is 3.02. The molecule has 0 aliphatic heterocycles. The molecular weight excluding hydrogens is 197 g/mol. The predicted molar refractivity (Wildman–Crippen MR) is 56.6 cm³/mol. The molecule has 0 spiro atoms. The number of Topliss-reactive ketones (excluding diaryl/α,β-unsaturated/α-hetero) is 1. The van der Waals surface area contributed by atoms with E-state index in [0.717, 1.165) is 0 Å². The normalized spacial score (nSPS) is 12.3. The summed E-state index contributed by atoms with van der Waals surface area (Å²) in [6.45, 7) is 3.20. The summed E-state index contributed by atoms with van der Waals surface area (Å²) in [7, 11) is 0. The molecule has 15 heavy (non-hydrogen) atoms. The maximum Gasteiger partial charge on any atom is 0.164 e. The lowest BCUT2D eigenvalue weighted by molar-refractivity contribution is 0.101. The van der Waals surface area contributed by atoms with E-state index in [1.807, 2.05) is 0 Å². The van der Waals surface area contributed by atoms with Crippen LogP contribution in [0, 0.1) is 5.82 Å². The smallest absolute Gasteiger partial charge is 0.164 e. The third-order valence-corrected chi connectivity index (χ3v) is 1.95. The fourth-order valence-corrected chi connectivity index (χ4v) is 1.29. The number of carbonyl (C=O) groups excluding carboxylic acids is 1. The summed E-state index contributed by atoms with van der Waals surface area (Å²) in [6, 6.07) is 4.37. The van der Waals surface area contributed by atoms with E-state index >= 15 is 0 Å². The van der Waals surface area contributed by atoms with E-state index in [1.165, 1.54) is 19.1 Å². The molecule has 4 heteroatoms. The van der Waals surface area contributed by atoms with Gasteiger partial charge in [0.15, 0.2) is 5.78 Å². The number of ketones is 1. The summed E-state index contributed by atoms with van der Waals surface area (Å²) in [5.74, 6) is -0.876. The van der Waals surface area contributed by atoms with E-state index in [-0.39, 0.29) is 17.9 Å². The number of aliphatic hydroxyl groups excluding tert-OH is 1. The molecule has 0 bridgehead atoms. The minimum Gasteiger partial charge on any atom is -0.392 e. The van der Waals surface area contributed by atoms with Crippen LogP contribution in [0.2, 0.25) is 0 Å². The molecule has 0 amide bonds. The first-order valence-corrected chi connectivity index (χ1v) is 4.73. The molecule has 0 radical (unpaired) electrons. The van der Waals surface area contributed by atoms with Crippen molar-refractivity contribution < 1.29 is 14.3 Å². The van der Waals surface area contributed by atoms with Crippen LogP contribution in [0.4, 0.5) is 10.1 Å². The second-order valence-corrected chi connectivity index (χ2v) is 3.45. The average molecular weight is 211 g/mol. The fourth-order valence-electron chi connectivity index (χ4n) is 1.29. The minimum atomic E-state index is -0.548. The lowest BCUT2D eigenvalue weighted by Gasteiger charge is -2.12. The SMILES string of the molecule is CC(=O)c1c(F)cccc1NC[C@H](C)O. The van der Waals surface area contributed by atoms with Gasteiger partial charge >= 0.3 is 0 Å². The van der Waals surface area contributed by atoms with Crippen molar-refractivity contribution in [3.05, 3.63) is 29.6 Å². The van der Waals surface area contributed by atoms with Crippen LogP contribution in [0.5, 0.6) is 0 Å². The zero-order valence-electron chi connectivity index (χ0n) is 8.75. The van der Waals surface area contributed by atoms with Crippen LogP contribution in [0.1, 0.15) is 24.2 Å². The number of rotatable bonds is 4. The van der Waals surface area contributed by atoms with Crippen molar-refractivity contribution in [2.75, 3.05) is 11.9 Å². The highest BCUT2D eigenvalue weighted by molar-refractivity contribution is 5.99. The van der Waals surface area contributed by atoms with Gasteiger partial charge in [-0.15, -0.1) is 0 Å². The number of aliphatic hydroxyl groups is 1. The van der Waals surface area contributed by atoms with Crippen LogP contribution in [-0.4, -0.2) is 23.5 Å². The van der Waals surface area contributed by atoms with Crippen molar-refractivity contribution in [2.24, 2.45) is 0 Å². The summed E-state index contributed by atoms with van der Waals surface area (Å²) in [4.78, 5) is 11.2. The quantitative estimate of drug-likeness (QED) is 0.747. The van der Waals surface area contributed by atoms with Crippen molar-refractivity contribution in [1.82, 2.24) is 0 Å². The Labute approximate surface area is 87.9 Å². The highest BCUT2D eigenvalue weighted by atomic mass is 19.1. The number of halogens is 1. The molecule has 0 aliphatic rings. The Morgan fingerprint density at radius 3 is 2.80 bits per heavy atom. The van der Waals surface area contributed by atoms with Gasteiger partial charge in [0.2, 0.25) is 0 Å². The van der Waals surface area contributed by atoms with Gasteiger partial charge in [-0.2, -0.15) is 0 Å². The maximum absolute atomic E-state index is 13.3. The van der Waals surface area contributed by atoms with Crippen LogP contribution in [0.15, 0.2) is 18.2 Å². The van der Waals surface area contributed by atoms with Crippen molar-refractivity contribution >= 4 is 11.5 Å².